The van der Waals surface area contributed by atoms with Crippen LogP contribution in [0.2, 0.25) is 0 Å². The Morgan fingerprint density at radius 3 is 2.48 bits per heavy atom. The van der Waals surface area contributed by atoms with E-state index >= 15 is 0 Å². The average Bonchev–Trinajstić information content (AvgIpc) is 2.92. The number of hydrogen-bond acceptors (Lipinski definition) is 9. The maximum Gasteiger partial charge on any atom is 1.00 e. The number of fused-ring (bicyclic) bond motifs is 5. The molecule has 0 amide bonds. The molecule has 0 spiro atoms. The zero-order valence-corrected chi connectivity index (χ0v) is 24.5. The Hall–Kier alpha value is 1.07. The molecule has 0 aromatic rings. The van der Waals surface area contributed by atoms with E-state index in [1.807, 2.05) is 0 Å². The first-order valence-electron chi connectivity index (χ1n) is 10.8. The first-order valence-corrected chi connectivity index (χ1v) is 12.2. The number of phosphoric acid groups is 1. The molecule has 0 radical (unpaired) electrons. The van der Waals surface area contributed by atoms with Crippen LogP contribution in [0.15, 0.2) is 11.6 Å². The third-order valence-corrected chi connectivity index (χ3v) is 9.50. The van der Waals surface area contributed by atoms with Gasteiger partial charge in [0, 0.05) is 17.3 Å². The van der Waals surface area contributed by atoms with Crippen LogP contribution in [0, 0.1) is 28.6 Å². The monoisotopic (exact) mass is 502 g/mol. The molecule has 4 aliphatic rings. The Labute approximate surface area is 237 Å². The predicted molar refractivity (Wildman–Crippen MR) is 103 cm³/mol. The molecule has 3 N–H and O–H groups in total. The van der Waals surface area contributed by atoms with Crippen LogP contribution in [-0.2, 0) is 18.7 Å². The summed E-state index contributed by atoms with van der Waals surface area (Å²) in [5, 5.41) is 32.0. The second kappa shape index (κ2) is 10.1. The summed E-state index contributed by atoms with van der Waals surface area (Å²) in [6.45, 7) is 2.73. The van der Waals surface area contributed by atoms with Gasteiger partial charge in [0.2, 0.25) is 0 Å². The fourth-order valence-electron chi connectivity index (χ4n) is 7.60. The maximum absolute atomic E-state index is 12.4. The van der Waals surface area contributed by atoms with Crippen LogP contribution in [0.3, 0.4) is 0 Å². The van der Waals surface area contributed by atoms with Crippen molar-refractivity contribution in [1.29, 1.82) is 0 Å². The minimum Gasteiger partial charge on any atom is -0.790 e. The number of carbonyl (C=O) groups excluding carboxylic acids is 2. The second-order valence-corrected chi connectivity index (χ2v) is 11.3. The summed E-state index contributed by atoms with van der Waals surface area (Å²) in [6, 6.07) is 0. The summed E-state index contributed by atoms with van der Waals surface area (Å²) >= 11 is 0. The SMILES string of the molecule is C[C@]12C[C@H](O)[C@H]3[C@@H](CCC4=CC(=O)CC(OP(=O)([O-])[O-])[C@@]43C)[C@@H]1CC[C@]2(O)C(=O)CO.[Na+].[Na+]. The van der Waals surface area contributed by atoms with Gasteiger partial charge in [0.1, 0.15) is 12.2 Å². The molecule has 3 saturated carbocycles. The van der Waals surface area contributed by atoms with Crippen molar-refractivity contribution in [2.75, 3.05) is 6.61 Å². The van der Waals surface area contributed by atoms with E-state index in [-0.39, 0.29) is 96.0 Å². The Balaban J connectivity index is 0.00000193. The van der Waals surface area contributed by atoms with Gasteiger partial charge in [-0.2, -0.15) is 0 Å². The van der Waals surface area contributed by atoms with Gasteiger partial charge in [0.25, 0.3) is 0 Å². The summed E-state index contributed by atoms with van der Waals surface area (Å²) in [5.41, 5.74) is -3.05. The minimum absolute atomic E-state index is 0. The Morgan fingerprint density at radius 2 is 1.91 bits per heavy atom. The molecule has 4 aliphatic carbocycles. The molecule has 3 fully saturated rings. The molecule has 0 aliphatic heterocycles. The van der Waals surface area contributed by atoms with Crippen LogP contribution in [0.4, 0.5) is 0 Å². The molecular weight excluding hydrogens is 473 g/mol. The fraction of sp³-hybridized carbons (Fsp3) is 0.810. The van der Waals surface area contributed by atoms with Crippen LogP contribution in [0.25, 0.3) is 0 Å². The predicted octanol–water partition coefficient (Wildman–Crippen LogP) is -6.39. The van der Waals surface area contributed by atoms with Crippen molar-refractivity contribution in [2.24, 2.45) is 28.6 Å². The smallest absolute Gasteiger partial charge is 0.790 e. The molecular formula is C21H29Na2O9P. The van der Waals surface area contributed by atoms with Crippen LogP contribution >= 0.6 is 7.82 Å². The largest absolute Gasteiger partial charge is 1.00 e. The van der Waals surface area contributed by atoms with Gasteiger partial charge in [-0.05, 0) is 55.9 Å². The van der Waals surface area contributed by atoms with Crippen molar-refractivity contribution in [2.45, 2.75) is 70.2 Å². The van der Waals surface area contributed by atoms with Gasteiger partial charge >= 0.3 is 59.1 Å². The summed E-state index contributed by atoms with van der Waals surface area (Å²) in [5.74, 6) is -1.79. The summed E-state index contributed by atoms with van der Waals surface area (Å²) in [6.07, 6.45) is 0.843. The first-order chi connectivity index (χ1) is 14.3. The molecule has 0 aromatic carbocycles. The number of phosphoric ester groups is 1. The zero-order chi connectivity index (χ0) is 23.0. The van der Waals surface area contributed by atoms with E-state index in [0.29, 0.717) is 24.8 Å². The van der Waals surface area contributed by atoms with E-state index in [1.54, 1.807) is 13.8 Å². The number of aliphatic hydroxyl groups is 3. The molecule has 0 saturated heterocycles. The number of carbonyl (C=O) groups is 2. The average molecular weight is 502 g/mol. The van der Waals surface area contributed by atoms with Crippen molar-refractivity contribution < 1.29 is 103 Å². The quantitative estimate of drug-likeness (QED) is 0.250. The molecule has 0 heterocycles. The Morgan fingerprint density at radius 1 is 1.27 bits per heavy atom. The van der Waals surface area contributed by atoms with E-state index in [0.717, 1.165) is 0 Å². The Bertz CT molecular complexity index is 891. The molecule has 33 heavy (non-hydrogen) atoms. The Kier molecular flexibility index (Phi) is 9.26. The summed E-state index contributed by atoms with van der Waals surface area (Å²) in [7, 11) is -5.38. The van der Waals surface area contributed by atoms with Crippen LogP contribution in [-0.4, -0.2) is 51.3 Å². The number of aliphatic hydroxyl groups excluding tert-OH is 2. The molecule has 1 unspecified atom stereocenters. The second-order valence-electron chi connectivity index (χ2n) is 10.2. The van der Waals surface area contributed by atoms with Gasteiger partial charge in [-0.3, -0.25) is 9.59 Å². The summed E-state index contributed by atoms with van der Waals surface area (Å²) in [4.78, 5) is 47.6. The molecule has 12 heteroatoms. The molecule has 4 rings (SSSR count). The van der Waals surface area contributed by atoms with Crippen molar-refractivity contribution in [1.82, 2.24) is 0 Å². The van der Waals surface area contributed by atoms with Crippen LogP contribution in [0.5, 0.6) is 0 Å². The zero-order valence-electron chi connectivity index (χ0n) is 19.7. The topological polar surface area (TPSA) is 167 Å². The molecule has 8 atom stereocenters. The van der Waals surface area contributed by atoms with Crippen molar-refractivity contribution in [3.63, 3.8) is 0 Å². The van der Waals surface area contributed by atoms with Crippen molar-refractivity contribution in [3.05, 3.63) is 11.6 Å². The summed E-state index contributed by atoms with van der Waals surface area (Å²) < 4.78 is 16.3. The van der Waals surface area contributed by atoms with E-state index in [2.05, 4.69) is 0 Å². The molecule has 0 aromatic heterocycles. The number of Topliss-reactive ketones (excluding diaryl/α,β-unsaturated/α-hetero) is 1. The van der Waals surface area contributed by atoms with E-state index < -0.39 is 54.8 Å². The first kappa shape index (κ1) is 30.3. The minimum atomic E-state index is -5.38. The van der Waals surface area contributed by atoms with Gasteiger partial charge in [-0.25, -0.2) is 0 Å². The van der Waals surface area contributed by atoms with Crippen LogP contribution < -0.4 is 68.9 Å². The standard InChI is InChI=1S/C21H31O9P.2Na/c1-19-9-15(24)18-13(14(19)5-6-21(19,26)16(25)10-22)4-3-11-7-12(23)8-17(20(11,18)2)30-31(27,28)29;;/h7,13-15,17-18,22,24,26H,3-6,8-10H2,1-2H3,(H2,27,28,29);;/q;2*+1/p-2/t13-,14-,15-,17?,18+,19-,20+,21-;;/m0../s1. The van der Waals surface area contributed by atoms with Crippen LogP contribution in [0.1, 0.15) is 52.4 Å². The van der Waals surface area contributed by atoms with Gasteiger partial charge in [0.05, 0.1) is 20.0 Å². The van der Waals surface area contributed by atoms with Crippen molar-refractivity contribution in [3.8, 4) is 0 Å². The van der Waals surface area contributed by atoms with Gasteiger partial charge in [-0.15, -0.1) is 0 Å². The molecule has 0 bridgehead atoms. The molecule has 9 nitrogen and oxygen atoms in total. The number of rotatable bonds is 4. The number of ketones is 2. The van der Waals surface area contributed by atoms with Gasteiger partial charge in [0.15, 0.2) is 11.6 Å². The van der Waals surface area contributed by atoms with Gasteiger partial charge in [-0.1, -0.05) is 19.4 Å². The van der Waals surface area contributed by atoms with E-state index in [4.69, 9.17) is 4.52 Å². The third kappa shape index (κ3) is 4.63. The van der Waals surface area contributed by atoms with E-state index in [1.165, 1.54) is 6.08 Å². The fourth-order valence-corrected chi connectivity index (χ4v) is 8.20. The molecule has 174 valence electrons. The van der Waals surface area contributed by atoms with Gasteiger partial charge < -0.3 is 34.2 Å². The third-order valence-electron chi connectivity index (χ3n) is 8.99. The normalized spacial score (nSPS) is 44.4. The van der Waals surface area contributed by atoms with E-state index in [9.17, 15) is 39.3 Å². The number of hydrogen-bond donors (Lipinski definition) is 3. The van der Waals surface area contributed by atoms with Crippen molar-refractivity contribution >= 4 is 19.4 Å². The maximum atomic E-state index is 12.4.